The number of hydrogen-bond donors (Lipinski definition) is 1. The Morgan fingerprint density at radius 1 is 1.38 bits per heavy atom. The van der Waals surface area contributed by atoms with Crippen molar-refractivity contribution in [3.05, 3.63) is 42.1 Å². The van der Waals surface area contributed by atoms with Crippen LogP contribution in [0.25, 0.3) is 0 Å². The summed E-state index contributed by atoms with van der Waals surface area (Å²) in [6.45, 7) is 5.12. The van der Waals surface area contributed by atoms with Crippen molar-refractivity contribution < 1.29 is 0 Å². The fourth-order valence-corrected chi connectivity index (χ4v) is 2.98. The van der Waals surface area contributed by atoms with Gasteiger partial charge in [0, 0.05) is 37.6 Å². The van der Waals surface area contributed by atoms with Crippen LogP contribution < -0.4 is 4.90 Å². The van der Waals surface area contributed by atoms with E-state index in [4.69, 9.17) is 0 Å². The van der Waals surface area contributed by atoms with Crippen LogP contribution in [0.15, 0.2) is 30.7 Å². The molecule has 21 heavy (non-hydrogen) atoms. The van der Waals surface area contributed by atoms with E-state index >= 15 is 0 Å². The van der Waals surface area contributed by atoms with Crippen LogP contribution >= 0.6 is 0 Å². The van der Waals surface area contributed by atoms with E-state index < -0.39 is 0 Å². The van der Waals surface area contributed by atoms with E-state index in [9.17, 15) is 0 Å². The predicted octanol–water partition coefficient (Wildman–Crippen LogP) is 2.21. The fourth-order valence-electron chi connectivity index (χ4n) is 2.98. The van der Waals surface area contributed by atoms with Gasteiger partial charge in [0.25, 0.3) is 0 Å². The SMILES string of the molecule is Cc1[nH]cnc1CN(C)[C@@H]1CCCN(c2ccccn2)C1. The summed E-state index contributed by atoms with van der Waals surface area (Å²) in [4.78, 5) is 16.8. The number of rotatable bonds is 4. The summed E-state index contributed by atoms with van der Waals surface area (Å²) in [7, 11) is 2.20. The zero-order chi connectivity index (χ0) is 14.7. The van der Waals surface area contributed by atoms with Gasteiger partial charge in [0.1, 0.15) is 5.82 Å². The van der Waals surface area contributed by atoms with Crippen LogP contribution in [-0.2, 0) is 6.54 Å². The monoisotopic (exact) mass is 285 g/mol. The molecule has 2 aromatic heterocycles. The molecule has 1 saturated heterocycles. The summed E-state index contributed by atoms with van der Waals surface area (Å²) < 4.78 is 0. The molecule has 1 aliphatic rings. The maximum absolute atomic E-state index is 4.48. The van der Waals surface area contributed by atoms with Crippen molar-refractivity contribution in [2.75, 3.05) is 25.0 Å². The number of aromatic nitrogens is 3. The number of imidazole rings is 1. The van der Waals surface area contributed by atoms with Crippen molar-refractivity contribution in [2.45, 2.75) is 32.4 Å². The number of aryl methyl sites for hydroxylation is 1. The third-order valence-electron chi connectivity index (χ3n) is 4.33. The molecule has 0 unspecified atom stereocenters. The second-order valence-corrected chi connectivity index (χ2v) is 5.82. The first-order chi connectivity index (χ1) is 10.2. The Hall–Kier alpha value is -1.88. The van der Waals surface area contributed by atoms with E-state index in [1.54, 1.807) is 6.33 Å². The van der Waals surface area contributed by atoms with Crippen LogP contribution in [0.3, 0.4) is 0 Å². The first-order valence-electron chi connectivity index (χ1n) is 7.59. The highest BCUT2D eigenvalue weighted by Gasteiger charge is 2.24. The fraction of sp³-hybridized carbons (Fsp3) is 0.500. The molecule has 3 rings (SSSR count). The lowest BCUT2D eigenvalue weighted by molar-refractivity contribution is 0.205. The van der Waals surface area contributed by atoms with Crippen LogP contribution in [0.1, 0.15) is 24.2 Å². The molecule has 0 aromatic carbocycles. The Morgan fingerprint density at radius 2 is 2.29 bits per heavy atom. The number of nitrogens with one attached hydrogen (secondary N) is 1. The Morgan fingerprint density at radius 3 is 3.00 bits per heavy atom. The standard InChI is InChI=1S/C16H23N5/c1-13-15(19-12-18-13)11-20(2)14-6-5-9-21(10-14)16-7-3-4-8-17-16/h3-4,7-8,12,14H,5-6,9-11H2,1-2H3,(H,18,19)/t14-/m1/s1. The summed E-state index contributed by atoms with van der Waals surface area (Å²) in [6, 6.07) is 6.68. The molecule has 112 valence electrons. The molecule has 0 radical (unpaired) electrons. The molecule has 0 saturated carbocycles. The average Bonchev–Trinajstić information content (AvgIpc) is 2.93. The Kier molecular flexibility index (Phi) is 4.20. The number of aromatic amines is 1. The minimum absolute atomic E-state index is 0.553. The molecule has 5 nitrogen and oxygen atoms in total. The first-order valence-corrected chi connectivity index (χ1v) is 7.59. The third-order valence-corrected chi connectivity index (χ3v) is 4.33. The summed E-state index contributed by atoms with van der Waals surface area (Å²) in [5.74, 6) is 1.09. The van der Waals surface area contributed by atoms with Crippen LogP contribution in [0.4, 0.5) is 5.82 Å². The number of pyridine rings is 1. The number of anilines is 1. The number of likely N-dealkylation sites (N-methyl/N-ethyl adjacent to an activating group) is 1. The van der Waals surface area contributed by atoms with Gasteiger partial charge >= 0.3 is 0 Å². The Bertz CT molecular complexity index is 565. The highest BCUT2D eigenvalue weighted by atomic mass is 15.2. The lowest BCUT2D eigenvalue weighted by Gasteiger charge is -2.38. The largest absolute Gasteiger partial charge is 0.355 e. The molecule has 1 fully saturated rings. The predicted molar refractivity (Wildman–Crippen MR) is 84.3 cm³/mol. The molecular formula is C16H23N5. The van der Waals surface area contributed by atoms with E-state index in [2.05, 4.69) is 50.9 Å². The summed E-state index contributed by atoms with van der Waals surface area (Å²) in [6.07, 6.45) is 6.10. The van der Waals surface area contributed by atoms with Crippen molar-refractivity contribution in [1.82, 2.24) is 19.9 Å². The van der Waals surface area contributed by atoms with Crippen molar-refractivity contribution in [1.29, 1.82) is 0 Å². The molecule has 0 spiro atoms. The molecule has 0 aliphatic carbocycles. The van der Waals surface area contributed by atoms with Crippen molar-refractivity contribution >= 4 is 5.82 Å². The van der Waals surface area contributed by atoms with Crippen LogP contribution in [-0.4, -0.2) is 46.0 Å². The highest BCUT2D eigenvalue weighted by Crippen LogP contribution is 2.21. The van der Waals surface area contributed by atoms with Gasteiger partial charge < -0.3 is 9.88 Å². The van der Waals surface area contributed by atoms with Gasteiger partial charge in [0.15, 0.2) is 0 Å². The molecule has 1 aliphatic heterocycles. The van der Waals surface area contributed by atoms with Crippen molar-refractivity contribution in [3.8, 4) is 0 Å². The topological polar surface area (TPSA) is 48.1 Å². The zero-order valence-electron chi connectivity index (χ0n) is 12.8. The maximum atomic E-state index is 4.48. The van der Waals surface area contributed by atoms with E-state index in [-0.39, 0.29) is 0 Å². The molecule has 5 heteroatoms. The van der Waals surface area contributed by atoms with Gasteiger partial charge in [-0.3, -0.25) is 4.90 Å². The Balaban J connectivity index is 1.64. The van der Waals surface area contributed by atoms with Gasteiger partial charge in [0.2, 0.25) is 0 Å². The molecule has 1 N–H and O–H groups in total. The normalized spacial score (nSPS) is 19.2. The Labute approximate surface area is 126 Å². The van der Waals surface area contributed by atoms with Crippen molar-refractivity contribution in [3.63, 3.8) is 0 Å². The highest BCUT2D eigenvalue weighted by molar-refractivity contribution is 5.38. The van der Waals surface area contributed by atoms with E-state index in [0.717, 1.165) is 31.1 Å². The quantitative estimate of drug-likeness (QED) is 0.935. The minimum Gasteiger partial charge on any atom is -0.355 e. The second kappa shape index (κ2) is 6.26. The second-order valence-electron chi connectivity index (χ2n) is 5.82. The van der Waals surface area contributed by atoms with Gasteiger partial charge in [0.05, 0.1) is 12.0 Å². The van der Waals surface area contributed by atoms with Crippen LogP contribution in [0.5, 0.6) is 0 Å². The molecule has 3 heterocycles. The summed E-state index contributed by atoms with van der Waals surface area (Å²) in [5, 5.41) is 0. The van der Waals surface area contributed by atoms with E-state index in [1.165, 1.54) is 18.5 Å². The molecular weight excluding hydrogens is 262 g/mol. The number of H-pyrrole nitrogens is 1. The molecule has 1 atom stereocenters. The van der Waals surface area contributed by atoms with Gasteiger partial charge in [-0.05, 0) is 38.9 Å². The van der Waals surface area contributed by atoms with Crippen LogP contribution in [0, 0.1) is 6.92 Å². The smallest absolute Gasteiger partial charge is 0.128 e. The zero-order valence-corrected chi connectivity index (χ0v) is 12.8. The van der Waals surface area contributed by atoms with Gasteiger partial charge in [-0.2, -0.15) is 0 Å². The first kappa shape index (κ1) is 14.1. The molecule has 2 aromatic rings. The summed E-state index contributed by atoms with van der Waals surface area (Å²) in [5.41, 5.74) is 2.31. The molecule has 0 amide bonds. The van der Waals surface area contributed by atoms with Gasteiger partial charge in [-0.1, -0.05) is 6.07 Å². The lowest BCUT2D eigenvalue weighted by Crippen LogP contribution is -2.46. The number of hydrogen-bond acceptors (Lipinski definition) is 4. The number of piperidine rings is 1. The molecule has 0 bridgehead atoms. The van der Waals surface area contributed by atoms with Gasteiger partial charge in [-0.15, -0.1) is 0 Å². The maximum Gasteiger partial charge on any atom is 0.128 e. The lowest BCUT2D eigenvalue weighted by atomic mass is 10.0. The van der Waals surface area contributed by atoms with Crippen molar-refractivity contribution in [2.24, 2.45) is 0 Å². The summed E-state index contributed by atoms with van der Waals surface area (Å²) >= 11 is 0. The average molecular weight is 285 g/mol. The minimum atomic E-state index is 0.553. The van der Waals surface area contributed by atoms with Gasteiger partial charge in [-0.25, -0.2) is 9.97 Å². The van der Waals surface area contributed by atoms with E-state index in [0.29, 0.717) is 6.04 Å². The van der Waals surface area contributed by atoms with Crippen LogP contribution in [0.2, 0.25) is 0 Å². The number of nitrogens with zero attached hydrogens (tertiary/aromatic N) is 4. The van der Waals surface area contributed by atoms with E-state index in [1.807, 2.05) is 12.3 Å². The third kappa shape index (κ3) is 3.24.